The minimum absolute atomic E-state index is 0.000678. The molecule has 2 rings (SSSR count). The fraction of sp³-hybridized carbons (Fsp3) is 0.692. The van der Waals surface area contributed by atoms with Gasteiger partial charge in [0.1, 0.15) is 11.6 Å². The van der Waals surface area contributed by atoms with Gasteiger partial charge in [-0.05, 0) is 25.7 Å². The van der Waals surface area contributed by atoms with E-state index in [1.54, 1.807) is 0 Å². The lowest BCUT2D eigenvalue weighted by Crippen LogP contribution is -2.42. The second kappa shape index (κ2) is 6.46. The van der Waals surface area contributed by atoms with Gasteiger partial charge in [0.15, 0.2) is 0 Å². The number of hydrogen-bond donors (Lipinski definition) is 2. The maximum Gasteiger partial charge on any atom is 0.451 e. The summed E-state index contributed by atoms with van der Waals surface area (Å²) in [6, 6.07) is 1.71. The third kappa shape index (κ3) is 3.75. The molecule has 118 valence electrons. The Labute approximate surface area is 121 Å². The number of hydrogen-bond acceptors (Lipinski definition) is 5. The zero-order chi connectivity index (χ0) is 15.5. The van der Waals surface area contributed by atoms with Gasteiger partial charge in [0.05, 0.1) is 0 Å². The Bertz CT molecular complexity index is 477. The van der Waals surface area contributed by atoms with Crippen LogP contribution in [0.15, 0.2) is 6.07 Å². The zero-order valence-corrected chi connectivity index (χ0v) is 11.8. The number of rotatable bonds is 6. The fourth-order valence-corrected chi connectivity index (χ4v) is 2.26. The van der Waals surface area contributed by atoms with Crippen LogP contribution in [0.1, 0.15) is 31.5 Å². The topological polar surface area (TPSA) is 61.3 Å². The van der Waals surface area contributed by atoms with E-state index < -0.39 is 12.0 Å². The van der Waals surface area contributed by atoms with Crippen molar-refractivity contribution in [1.29, 1.82) is 0 Å². The molecule has 0 bridgehead atoms. The van der Waals surface area contributed by atoms with Crippen LogP contribution in [0.5, 0.6) is 0 Å². The average molecular weight is 304 g/mol. The largest absolute Gasteiger partial charge is 0.451 e. The average Bonchev–Trinajstić information content (AvgIpc) is 2.39. The van der Waals surface area contributed by atoms with Gasteiger partial charge >= 0.3 is 6.18 Å². The maximum absolute atomic E-state index is 12.9. The Morgan fingerprint density at radius 1 is 1.38 bits per heavy atom. The highest BCUT2D eigenvalue weighted by Crippen LogP contribution is 2.33. The number of nitrogens with zero attached hydrogens (tertiary/aromatic N) is 3. The van der Waals surface area contributed by atoms with Crippen molar-refractivity contribution in [2.45, 2.75) is 37.9 Å². The molecule has 0 unspecified atom stereocenters. The molecule has 1 heterocycles. The molecule has 1 fully saturated rings. The van der Waals surface area contributed by atoms with Crippen LogP contribution in [0.4, 0.5) is 24.8 Å². The summed E-state index contributed by atoms with van der Waals surface area (Å²) in [7, 11) is 1.52. The molecule has 0 atom stereocenters. The molecule has 0 saturated heterocycles. The smallest absolute Gasteiger partial charge is 0.396 e. The highest BCUT2D eigenvalue weighted by molar-refractivity contribution is 5.50. The van der Waals surface area contributed by atoms with Crippen molar-refractivity contribution in [2.75, 3.05) is 30.4 Å². The molecular weight excluding hydrogens is 285 g/mol. The standard InChI is InChI=1S/C13H19F3N4O/c1-17-10-8-11(19-12(18-10)13(14,15)16)20(6-3-7-21)9-4-2-5-9/h8-9,21H,2-7H2,1H3,(H,17,18,19). The van der Waals surface area contributed by atoms with E-state index in [9.17, 15) is 13.2 Å². The highest BCUT2D eigenvalue weighted by atomic mass is 19.4. The molecule has 1 aliphatic rings. The van der Waals surface area contributed by atoms with Crippen LogP contribution in [0, 0.1) is 0 Å². The van der Waals surface area contributed by atoms with Crippen molar-refractivity contribution < 1.29 is 18.3 Å². The second-order valence-electron chi connectivity index (χ2n) is 5.04. The Balaban J connectivity index is 2.33. The van der Waals surface area contributed by atoms with E-state index in [-0.39, 0.29) is 24.3 Å². The summed E-state index contributed by atoms with van der Waals surface area (Å²) in [6.45, 7) is 0.484. The number of nitrogens with one attached hydrogen (secondary N) is 1. The number of aliphatic hydroxyl groups excluding tert-OH is 1. The number of alkyl halides is 3. The lowest BCUT2D eigenvalue weighted by molar-refractivity contribution is -0.144. The summed E-state index contributed by atoms with van der Waals surface area (Å²) in [4.78, 5) is 8.99. The normalized spacial score (nSPS) is 15.7. The molecule has 1 aromatic rings. The summed E-state index contributed by atoms with van der Waals surface area (Å²) in [6.07, 6.45) is -1.14. The molecule has 1 saturated carbocycles. The van der Waals surface area contributed by atoms with Crippen molar-refractivity contribution in [3.63, 3.8) is 0 Å². The van der Waals surface area contributed by atoms with Gasteiger partial charge in [-0.3, -0.25) is 0 Å². The zero-order valence-electron chi connectivity index (χ0n) is 11.8. The molecule has 5 nitrogen and oxygen atoms in total. The van der Waals surface area contributed by atoms with E-state index in [0.29, 0.717) is 13.0 Å². The number of anilines is 2. The van der Waals surface area contributed by atoms with Crippen molar-refractivity contribution >= 4 is 11.6 Å². The fourth-order valence-electron chi connectivity index (χ4n) is 2.26. The van der Waals surface area contributed by atoms with Crippen LogP contribution in [-0.4, -0.2) is 41.3 Å². The van der Waals surface area contributed by atoms with E-state index in [2.05, 4.69) is 15.3 Å². The summed E-state index contributed by atoms with van der Waals surface area (Å²) in [5.74, 6) is -0.738. The Kier molecular flexibility index (Phi) is 4.87. The van der Waals surface area contributed by atoms with Crippen molar-refractivity contribution in [1.82, 2.24) is 9.97 Å². The number of aromatic nitrogens is 2. The second-order valence-corrected chi connectivity index (χ2v) is 5.04. The summed E-state index contributed by atoms with van der Waals surface area (Å²) < 4.78 is 38.7. The molecule has 1 aromatic heterocycles. The molecule has 0 aromatic carbocycles. The van der Waals surface area contributed by atoms with E-state index in [1.807, 2.05) is 4.90 Å². The van der Waals surface area contributed by atoms with Gasteiger partial charge in [0.2, 0.25) is 5.82 Å². The van der Waals surface area contributed by atoms with Gasteiger partial charge in [-0.25, -0.2) is 9.97 Å². The SMILES string of the molecule is CNc1cc(N(CCCO)C2CCC2)nc(C(F)(F)F)n1. The Hall–Kier alpha value is -1.57. The van der Waals surface area contributed by atoms with E-state index in [4.69, 9.17) is 5.11 Å². The first-order valence-corrected chi connectivity index (χ1v) is 6.97. The number of halogens is 3. The molecule has 8 heteroatoms. The minimum Gasteiger partial charge on any atom is -0.396 e. The first-order chi connectivity index (χ1) is 9.95. The summed E-state index contributed by atoms with van der Waals surface area (Å²) in [5.41, 5.74) is 0. The van der Waals surface area contributed by atoms with Gasteiger partial charge < -0.3 is 15.3 Å². The summed E-state index contributed by atoms with van der Waals surface area (Å²) in [5, 5.41) is 11.6. The van der Waals surface area contributed by atoms with Crippen LogP contribution in [0.3, 0.4) is 0 Å². The van der Waals surface area contributed by atoms with Gasteiger partial charge in [0, 0.05) is 32.3 Å². The highest BCUT2D eigenvalue weighted by Gasteiger charge is 2.36. The first kappa shape index (κ1) is 15.8. The quantitative estimate of drug-likeness (QED) is 0.844. The minimum atomic E-state index is -4.58. The Morgan fingerprint density at radius 3 is 2.57 bits per heavy atom. The van der Waals surface area contributed by atoms with Gasteiger partial charge in [-0.1, -0.05) is 0 Å². The predicted molar refractivity (Wildman–Crippen MR) is 73.3 cm³/mol. The van der Waals surface area contributed by atoms with E-state index in [1.165, 1.54) is 13.1 Å². The van der Waals surface area contributed by atoms with Gasteiger partial charge in [0.25, 0.3) is 0 Å². The Morgan fingerprint density at radius 2 is 2.10 bits per heavy atom. The van der Waals surface area contributed by atoms with E-state index >= 15 is 0 Å². The molecule has 21 heavy (non-hydrogen) atoms. The van der Waals surface area contributed by atoms with Crippen LogP contribution >= 0.6 is 0 Å². The van der Waals surface area contributed by atoms with Gasteiger partial charge in [-0.15, -0.1) is 0 Å². The lowest BCUT2D eigenvalue weighted by Gasteiger charge is -2.38. The van der Waals surface area contributed by atoms with Crippen molar-refractivity contribution in [3.8, 4) is 0 Å². The third-order valence-corrected chi connectivity index (χ3v) is 3.59. The molecular formula is C13H19F3N4O. The van der Waals surface area contributed by atoms with Crippen LogP contribution in [0.25, 0.3) is 0 Å². The van der Waals surface area contributed by atoms with Crippen LogP contribution in [-0.2, 0) is 6.18 Å². The molecule has 0 aliphatic heterocycles. The molecule has 0 amide bonds. The summed E-state index contributed by atoms with van der Waals surface area (Å²) >= 11 is 0. The lowest BCUT2D eigenvalue weighted by atomic mass is 9.91. The monoisotopic (exact) mass is 304 g/mol. The first-order valence-electron chi connectivity index (χ1n) is 6.97. The maximum atomic E-state index is 12.9. The van der Waals surface area contributed by atoms with Gasteiger partial charge in [-0.2, -0.15) is 13.2 Å². The van der Waals surface area contributed by atoms with Crippen molar-refractivity contribution in [2.24, 2.45) is 0 Å². The van der Waals surface area contributed by atoms with Crippen molar-refractivity contribution in [3.05, 3.63) is 11.9 Å². The number of aliphatic hydroxyl groups is 1. The van der Waals surface area contributed by atoms with Crippen LogP contribution in [0.2, 0.25) is 0 Å². The molecule has 1 aliphatic carbocycles. The predicted octanol–water partition coefficient (Wildman–Crippen LogP) is 2.28. The van der Waals surface area contributed by atoms with Crippen LogP contribution < -0.4 is 10.2 Å². The molecule has 2 N–H and O–H groups in total. The molecule has 0 radical (unpaired) electrons. The van der Waals surface area contributed by atoms with E-state index in [0.717, 1.165) is 19.3 Å². The molecule has 0 spiro atoms. The third-order valence-electron chi connectivity index (χ3n) is 3.59.